The van der Waals surface area contributed by atoms with E-state index < -0.39 is 0 Å². The SMILES string of the molecule is CCOc1ccc(-n2c(Sc3ccc(C#N)nn3)nnc2-c2ccco2)cc1. The molecule has 0 aliphatic rings. The summed E-state index contributed by atoms with van der Waals surface area (Å²) in [4.78, 5) is 0. The van der Waals surface area contributed by atoms with E-state index in [2.05, 4.69) is 20.4 Å². The highest BCUT2D eigenvalue weighted by Gasteiger charge is 2.19. The molecule has 4 rings (SSSR count). The molecule has 0 N–H and O–H groups in total. The van der Waals surface area contributed by atoms with Gasteiger partial charge in [0.05, 0.1) is 18.6 Å². The van der Waals surface area contributed by atoms with E-state index in [1.807, 2.05) is 47.9 Å². The highest BCUT2D eigenvalue weighted by atomic mass is 32.2. The summed E-state index contributed by atoms with van der Waals surface area (Å²) < 4.78 is 12.9. The Balaban J connectivity index is 1.75. The molecule has 0 aliphatic heterocycles. The molecule has 8 nitrogen and oxygen atoms in total. The molecule has 0 fully saturated rings. The standard InChI is InChI=1S/C19H14N6O2S/c1-2-26-15-8-6-14(7-9-15)25-18(16-4-3-11-27-16)23-24-19(25)28-17-10-5-13(12-20)21-22-17/h3-11H,2H2,1H3. The van der Waals surface area contributed by atoms with Crippen LogP contribution in [0.3, 0.4) is 0 Å². The number of hydrogen-bond acceptors (Lipinski definition) is 8. The van der Waals surface area contributed by atoms with Gasteiger partial charge in [0.2, 0.25) is 11.0 Å². The molecule has 9 heteroatoms. The van der Waals surface area contributed by atoms with E-state index in [-0.39, 0.29) is 5.69 Å². The lowest BCUT2D eigenvalue weighted by Crippen LogP contribution is -2.00. The summed E-state index contributed by atoms with van der Waals surface area (Å²) in [6, 6.07) is 16.5. The first kappa shape index (κ1) is 17.8. The Morgan fingerprint density at radius 2 is 1.93 bits per heavy atom. The maximum atomic E-state index is 8.87. The number of nitrogens with zero attached hydrogens (tertiary/aromatic N) is 6. The summed E-state index contributed by atoms with van der Waals surface area (Å²) in [6.45, 7) is 2.54. The largest absolute Gasteiger partial charge is 0.494 e. The molecule has 0 atom stereocenters. The number of aromatic nitrogens is 5. The predicted octanol–water partition coefficient (Wildman–Crippen LogP) is 3.74. The zero-order valence-corrected chi connectivity index (χ0v) is 15.6. The van der Waals surface area contributed by atoms with Crippen LogP contribution in [0.15, 0.2) is 69.4 Å². The molecular weight excluding hydrogens is 376 g/mol. The van der Waals surface area contributed by atoms with Gasteiger partial charge in [-0.05, 0) is 67.2 Å². The summed E-state index contributed by atoms with van der Waals surface area (Å²) in [5.41, 5.74) is 1.11. The number of nitriles is 1. The minimum absolute atomic E-state index is 0.258. The molecule has 0 saturated heterocycles. The third-order valence-corrected chi connectivity index (χ3v) is 4.60. The van der Waals surface area contributed by atoms with E-state index >= 15 is 0 Å². The topological polar surface area (TPSA) is 103 Å². The van der Waals surface area contributed by atoms with Crippen molar-refractivity contribution in [2.45, 2.75) is 17.1 Å². The van der Waals surface area contributed by atoms with Gasteiger partial charge in [-0.25, -0.2) is 0 Å². The van der Waals surface area contributed by atoms with Crippen molar-refractivity contribution in [3.8, 4) is 29.1 Å². The van der Waals surface area contributed by atoms with Crippen molar-refractivity contribution in [1.29, 1.82) is 5.26 Å². The fourth-order valence-corrected chi connectivity index (χ4v) is 3.29. The first-order chi connectivity index (χ1) is 13.8. The maximum Gasteiger partial charge on any atom is 0.205 e. The highest BCUT2D eigenvalue weighted by Crippen LogP contribution is 2.32. The second kappa shape index (κ2) is 7.94. The number of ether oxygens (including phenoxy) is 1. The van der Waals surface area contributed by atoms with Crippen LogP contribution < -0.4 is 4.74 Å². The fourth-order valence-electron chi connectivity index (χ4n) is 2.52. The molecule has 3 aromatic heterocycles. The molecule has 0 spiro atoms. The van der Waals surface area contributed by atoms with Gasteiger partial charge in [-0.3, -0.25) is 4.57 Å². The van der Waals surface area contributed by atoms with Crippen LogP contribution in [0, 0.1) is 11.3 Å². The average Bonchev–Trinajstić information content (AvgIpc) is 3.39. The van der Waals surface area contributed by atoms with Crippen LogP contribution in [0.2, 0.25) is 0 Å². The van der Waals surface area contributed by atoms with Gasteiger partial charge >= 0.3 is 0 Å². The van der Waals surface area contributed by atoms with Gasteiger partial charge in [-0.15, -0.1) is 20.4 Å². The van der Waals surface area contributed by atoms with Crippen molar-refractivity contribution in [3.63, 3.8) is 0 Å². The second-order valence-corrected chi connectivity index (χ2v) is 6.50. The Kier molecular flexibility index (Phi) is 5.03. The van der Waals surface area contributed by atoms with E-state index in [0.717, 1.165) is 11.4 Å². The highest BCUT2D eigenvalue weighted by molar-refractivity contribution is 7.99. The molecule has 0 unspecified atom stereocenters. The molecule has 1 aromatic carbocycles. The Hall–Kier alpha value is -3.64. The first-order valence-corrected chi connectivity index (χ1v) is 9.24. The van der Waals surface area contributed by atoms with Crippen LogP contribution >= 0.6 is 11.8 Å². The van der Waals surface area contributed by atoms with E-state index in [1.54, 1.807) is 24.5 Å². The lowest BCUT2D eigenvalue weighted by atomic mass is 10.3. The number of furan rings is 1. The minimum atomic E-state index is 0.258. The van der Waals surface area contributed by atoms with Crippen LogP contribution in [-0.4, -0.2) is 31.6 Å². The van der Waals surface area contributed by atoms with Crippen molar-refractivity contribution < 1.29 is 9.15 Å². The number of rotatable bonds is 6. The van der Waals surface area contributed by atoms with Gasteiger partial charge in [0, 0.05) is 0 Å². The fraction of sp³-hybridized carbons (Fsp3) is 0.105. The maximum absolute atomic E-state index is 8.87. The summed E-state index contributed by atoms with van der Waals surface area (Å²) >= 11 is 1.29. The van der Waals surface area contributed by atoms with Gasteiger partial charge in [0.1, 0.15) is 16.8 Å². The van der Waals surface area contributed by atoms with Crippen molar-refractivity contribution in [2.75, 3.05) is 6.61 Å². The summed E-state index contributed by atoms with van der Waals surface area (Å²) in [7, 11) is 0. The average molecular weight is 390 g/mol. The van der Waals surface area contributed by atoms with Crippen molar-refractivity contribution in [2.24, 2.45) is 0 Å². The second-order valence-electron chi connectivity index (χ2n) is 5.52. The van der Waals surface area contributed by atoms with Gasteiger partial charge in [0.25, 0.3) is 0 Å². The molecular formula is C19H14N6O2S. The monoisotopic (exact) mass is 390 g/mol. The quantitative estimate of drug-likeness (QED) is 0.490. The summed E-state index contributed by atoms with van der Waals surface area (Å²) in [5.74, 6) is 1.95. The Labute approximate surface area is 164 Å². The van der Waals surface area contributed by atoms with E-state index in [1.165, 1.54) is 11.8 Å². The number of benzene rings is 1. The Morgan fingerprint density at radius 1 is 1.07 bits per heavy atom. The van der Waals surface area contributed by atoms with Gasteiger partial charge in [-0.2, -0.15) is 5.26 Å². The van der Waals surface area contributed by atoms with Gasteiger partial charge in [-0.1, -0.05) is 0 Å². The van der Waals surface area contributed by atoms with Crippen LogP contribution in [-0.2, 0) is 0 Å². The summed E-state index contributed by atoms with van der Waals surface area (Å²) in [5, 5.41) is 26.6. The Bertz CT molecular complexity index is 1100. The van der Waals surface area contributed by atoms with Crippen LogP contribution in [0.1, 0.15) is 12.6 Å². The number of hydrogen-bond donors (Lipinski definition) is 0. The molecule has 3 heterocycles. The minimum Gasteiger partial charge on any atom is -0.494 e. The predicted molar refractivity (Wildman–Crippen MR) is 101 cm³/mol. The van der Waals surface area contributed by atoms with E-state index in [0.29, 0.717) is 28.4 Å². The smallest absolute Gasteiger partial charge is 0.205 e. The lowest BCUT2D eigenvalue weighted by Gasteiger charge is -2.10. The first-order valence-electron chi connectivity index (χ1n) is 8.42. The van der Waals surface area contributed by atoms with Crippen molar-refractivity contribution in [3.05, 3.63) is 60.5 Å². The summed E-state index contributed by atoms with van der Waals surface area (Å²) in [6.07, 6.45) is 1.59. The van der Waals surface area contributed by atoms with Crippen molar-refractivity contribution in [1.82, 2.24) is 25.0 Å². The zero-order valence-electron chi connectivity index (χ0n) is 14.8. The van der Waals surface area contributed by atoms with Crippen molar-refractivity contribution >= 4 is 11.8 Å². The molecule has 0 radical (unpaired) electrons. The zero-order chi connectivity index (χ0) is 19.3. The molecule has 0 aliphatic carbocycles. The van der Waals surface area contributed by atoms with Gasteiger partial charge in [0.15, 0.2) is 11.5 Å². The van der Waals surface area contributed by atoms with Crippen LogP contribution in [0.25, 0.3) is 17.3 Å². The molecule has 28 heavy (non-hydrogen) atoms. The van der Waals surface area contributed by atoms with E-state index in [9.17, 15) is 0 Å². The molecule has 0 saturated carbocycles. The Morgan fingerprint density at radius 3 is 2.57 bits per heavy atom. The van der Waals surface area contributed by atoms with Crippen LogP contribution in [0.4, 0.5) is 0 Å². The van der Waals surface area contributed by atoms with E-state index in [4.69, 9.17) is 14.4 Å². The molecule has 0 amide bonds. The van der Waals surface area contributed by atoms with Gasteiger partial charge < -0.3 is 9.15 Å². The molecule has 138 valence electrons. The third-order valence-electron chi connectivity index (χ3n) is 3.73. The molecule has 0 bridgehead atoms. The van der Waals surface area contributed by atoms with Crippen LogP contribution in [0.5, 0.6) is 5.75 Å². The molecule has 4 aromatic rings. The third kappa shape index (κ3) is 3.58. The lowest BCUT2D eigenvalue weighted by molar-refractivity contribution is 0.340. The normalized spacial score (nSPS) is 10.6.